The zero-order chi connectivity index (χ0) is 23.2. The number of aryl methyl sites for hydroxylation is 1. The summed E-state index contributed by atoms with van der Waals surface area (Å²) < 4.78 is 33.3. The molecule has 1 fully saturated rings. The van der Waals surface area contributed by atoms with Gasteiger partial charge in [0.05, 0.1) is 19.3 Å². The topological polar surface area (TPSA) is 38.3 Å². The van der Waals surface area contributed by atoms with Gasteiger partial charge >= 0.3 is 0 Å². The molecule has 1 heterocycles. The molecule has 1 unspecified atom stereocenters. The molecule has 174 valence electrons. The predicted octanol–water partition coefficient (Wildman–Crippen LogP) is 6.82. The summed E-state index contributed by atoms with van der Waals surface area (Å²) in [7, 11) is 0. The molecule has 3 nitrogen and oxygen atoms in total. The maximum atomic E-state index is 13.8. The first-order valence-corrected chi connectivity index (χ1v) is 11.8. The Morgan fingerprint density at radius 1 is 1.09 bits per heavy atom. The molecule has 1 amide bonds. The summed E-state index contributed by atoms with van der Waals surface area (Å²) in [6, 6.07) is 14.2. The molecule has 32 heavy (non-hydrogen) atoms. The number of hydrogen-bond acceptors (Lipinski definition) is 2. The van der Waals surface area contributed by atoms with Gasteiger partial charge in [0.2, 0.25) is 0 Å². The third-order valence-electron chi connectivity index (χ3n) is 6.57. The molecule has 0 bridgehead atoms. The summed E-state index contributed by atoms with van der Waals surface area (Å²) in [5.74, 6) is -3.15. The van der Waals surface area contributed by atoms with E-state index < -0.39 is 5.92 Å². The average molecular weight is 444 g/mol. The van der Waals surface area contributed by atoms with Crippen LogP contribution in [0.25, 0.3) is 0 Å². The van der Waals surface area contributed by atoms with Crippen molar-refractivity contribution in [1.82, 2.24) is 5.32 Å². The van der Waals surface area contributed by atoms with Crippen LogP contribution in [0.15, 0.2) is 48.5 Å². The minimum absolute atomic E-state index is 0.0645. The smallest absolute Gasteiger partial charge is 0.270 e. The van der Waals surface area contributed by atoms with Crippen LogP contribution in [0.5, 0.6) is 0 Å². The van der Waals surface area contributed by atoms with Crippen LogP contribution < -0.4 is 5.32 Å². The average Bonchev–Trinajstić information content (AvgIpc) is 2.76. The van der Waals surface area contributed by atoms with E-state index >= 15 is 0 Å². The van der Waals surface area contributed by atoms with Crippen LogP contribution in [-0.2, 0) is 17.1 Å². The second-order valence-electron chi connectivity index (χ2n) is 9.10. The van der Waals surface area contributed by atoms with Gasteiger partial charge < -0.3 is 10.1 Å². The Morgan fingerprint density at radius 3 is 2.38 bits per heavy atom. The summed E-state index contributed by atoms with van der Waals surface area (Å²) in [4.78, 5) is 13.4. The van der Waals surface area contributed by atoms with Crippen LogP contribution in [-0.4, -0.2) is 19.1 Å². The molecule has 0 spiro atoms. The van der Waals surface area contributed by atoms with E-state index in [0.717, 1.165) is 25.3 Å². The van der Waals surface area contributed by atoms with Crippen LogP contribution in [0.1, 0.15) is 86.0 Å². The number of amides is 1. The van der Waals surface area contributed by atoms with Gasteiger partial charge in [-0.1, -0.05) is 75.9 Å². The molecule has 3 rings (SSSR count). The molecule has 2 aromatic carbocycles. The van der Waals surface area contributed by atoms with Gasteiger partial charge in [0, 0.05) is 23.5 Å². The van der Waals surface area contributed by atoms with Crippen LogP contribution in [0.4, 0.5) is 8.78 Å². The Morgan fingerprint density at radius 2 is 1.81 bits per heavy atom. The molecule has 1 aliphatic heterocycles. The van der Waals surface area contributed by atoms with Crippen LogP contribution in [0, 0.1) is 5.41 Å². The maximum absolute atomic E-state index is 13.8. The Bertz CT molecular complexity index is 888. The Balaban J connectivity index is 1.88. The highest BCUT2D eigenvalue weighted by molar-refractivity contribution is 5.96. The number of ether oxygens (including phenoxy) is 1. The number of rotatable bonds is 11. The van der Waals surface area contributed by atoms with E-state index in [-0.39, 0.29) is 22.9 Å². The highest BCUT2D eigenvalue weighted by Gasteiger charge is 2.46. The lowest BCUT2D eigenvalue weighted by Gasteiger charge is -2.48. The molecule has 1 aliphatic rings. The molecule has 1 saturated heterocycles. The van der Waals surface area contributed by atoms with Crippen molar-refractivity contribution in [1.29, 1.82) is 0 Å². The molecule has 1 atom stereocenters. The van der Waals surface area contributed by atoms with Crippen molar-refractivity contribution in [3.05, 3.63) is 70.8 Å². The van der Waals surface area contributed by atoms with Gasteiger partial charge in [0.1, 0.15) is 0 Å². The zero-order valence-electron chi connectivity index (χ0n) is 19.4. The number of hydrogen-bond donors (Lipinski definition) is 1. The van der Waals surface area contributed by atoms with Crippen molar-refractivity contribution in [2.24, 2.45) is 5.41 Å². The first-order chi connectivity index (χ1) is 15.3. The second kappa shape index (κ2) is 10.6. The summed E-state index contributed by atoms with van der Waals surface area (Å²) in [6.07, 6.45) is 6.13. The maximum Gasteiger partial charge on any atom is 0.270 e. The van der Waals surface area contributed by atoms with E-state index in [1.165, 1.54) is 37.5 Å². The quantitative estimate of drug-likeness (QED) is 0.387. The SMILES string of the molecule is CCCCCCC1(C(NC(=O)c2ccc(C(C)(F)F)cc2CC)c2ccccc2)COC1. The number of unbranched alkanes of at least 4 members (excludes halogenated alkanes) is 3. The highest BCUT2D eigenvalue weighted by atomic mass is 19.3. The van der Waals surface area contributed by atoms with Crippen molar-refractivity contribution in [3.8, 4) is 0 Å². The van der Waals surface area contributed by atoms with E-state index in [4.69, 9.17) is 4.74 Å². The Kier molecular flexibility index (Phi) is 8.05. The molecule has 2 aromatic rings. The highest BCUT2D eigenvalue weighted by Crippen LogP contribution is 2.45. The van der Waals surface area contributed by atoms with Gasteiger partial charge in [-0.25, -0.2) is 8.78 Å². The van der Waals surface area contributed by atoms with E-state index in [1.807, 2.05) is 37.3 Å². The normalized spacial score (nSPS) is 16.3. The third kappa shape index (κ3) is 5.55. The largest absolute Gasteiger partial charge is 0.380 e. The van der Waals surface area contributed by atoms with Crippen LogP contribution >= 0.6 is 0 Å². The molecule has 5 heteroatoms. The first-order valence-electron chi connectivity index (χ1n) is 11.8. The molecule has 0 aromatic heterocycles. The monoisotopic (exact) mass is 443 g/mol. The fourth-order valence-corrected chi connectivity index (χ4v) is 4.55. The van der Waals surface area contributed by atoms with Gasteiger partial charge in [-0.15, -0.1) is 0 Å². The number of benzene rings is 2. The predicted molar refractivity (Wildman–Crippen MR) is 124 cm³/mol. The van der Waals surface area contributed by atoms with E-state index in [9.17, 15) is 13.6 Å². The standard InChI is InChI=1S/C27H35F2NO2/c1-4-6-7-11-16-27(18-32-19-27)24(21-12-9-8-10-13-21)30-25(31)23-15-14-22(26(3,28)29)17-20(23)5-2/h8-10,12-15,17,24H,4-7,11,16,18-19H2,1-3H3,(H,30,31). The third-order valence-corrected chi connectivity index (χ3v) is 6.57. The van der Waals surface area contributed by atoms with Crippen molar-refractivity contribution in [3.63, 3.8) is 0 Å². The van der Waals surface area contributed by atoms with Crippen molar-refractivity contribution < 1.29 is 18.3 Å². The van der Waals surface area contributed by atoms with Gasteiger partial charge in [0.15, 0.2) is 0 Å². The number of carbonyl (C=O) groups excluding carboxylic acids is 1. The lowest BCUT2D eigenvalue weighted by molar-refractivity contribution is -0.137. The van der Waals surface area contributed by atoms with Crippen molar-refractivity contribution >= 4 is 5.91 Å². The van der Waals surface area contributed by atoms with Crippen molar-refractivity contribution in [2.75, 3.05) is 13.2 Å². The molecular formula is C27H35F2NO2. The number of alkyl halides is 2. The fraction of sp³-hybridized carbons (Fsp3) is 0.519. The number of halogens is 2. The molecular weight excluding hydrogens is 408 g/mol. The zero-order valence-corrected chi connectivity index (χ0v) is 19.4. The lowest BCUT2D eigenvalue weighted by atomic mass is 9.71. The van der Waals surface area contributed by atoms with Crippen LogP contribution in [0.2, 0.25) is 0 Å². The molecule has 0 radical (unpaired) electrons. The summed E-state index contributed by atoms with van der Waals surface area (Å²) >= 11 is 0. The van der Waals surface area contributed by atoms with Gasteiger partial charge in [0.25, 0.3) is 11.8 Å². The second-order valence-corrected chi connectivity index (χ2v) is 9.10. The number of carbonyl (C=O) groups is 1. The summed E-state index contributed by atoms with van der Waals surface area (Å²) in [6.45, 7) is 6.18. The molecule has 1 N–H and O–H groups in total. The van der Waals surface area contributed by atoms with E-state index in [1.54, 1.807) is 0 Å². The van der Waals surface area contributed by atoms with Crippen molar-refractivity contribution in [2.45, 2.75) is 71.3 Å². The lowest BCUT2D eigenvalue weighted by Crippen LogP contribution is -2.53. The van der Waals surface area contributed by atoms with Gasteiger partial charge in [-0.3, -0.25) is 4.79 Å². The molecule has 0 aliphatic carbocycles. The van der Waals surface area contributed by atoms with Gasteiger partial charge in [-0.05, 0) is 36.1 Å². The fourth-order valence-electron chi connectivity index (χ4n) is 4.55. The van der Waals surface area contributed by atoms with E-state index in [0.29, 0.717) is 30.8 Å². The minimum Gasteiger partial charge on any atom is -0.380 e. The Labute approximate surface area is 190 Å². The summed E-state index contributed by atoms with van der Waals surface area (Å²) in [5, 5.41) is 3.26. The first kappa shape index (κ1) is 24.4. The minimum atomic E-state index is -2.93. The summed E-state index contributed by atoms with van der Waals surface area (Å²) in [5.41, 5.74) is 1.94. The number of nitrogens with one attached hydrogen (secondary N) is 1. The van der Waals surface area contributed by atoms with E-state index in [2.05, 4.69) is 12.2 Å². The van der Waals surface area contributed by atoms with Gasteiger partial charge in [-0.2, -0.15) is 0 Å². The molecule has 0 saturated carbocycles. The Hall–Kier alpha value is -2.27. The van der Waals surface area contributed by atoms with Crippen LogP contribution in [0.3, 0.4) is 0 Å².